The van der Waals surface area contributed by atoms with Crippen molar-refractivity contribution in [2.75, 3.05) is 19.8 Å². The van der Waals surface area contributed by atoms with E-state index in [1.807, 2.05) is 45.0 Å². The monoisotopic (exact) mass is 385 g/mol. The van der Waals surface area contributed by atoms with Gasteiger partial charge in [0.25, 0.3) is 0 Å². The van der Waals surface area contributed by atoms with E-state index in [4.69, 9.17) is 9.47 Å². The lowest BCUT2D eigenvalue weighted by Crippen LogP contribution is -2.55. The third kappa shape index (κ3) is 5.19. The van der Waals surface area contributed by atoms with Crippen molar-refractivity contribution in [1.29, 1.82) is 0 Å². The predicted octanol–water partition coefficient (Wildman–Crippen LogP) is 2.99. The molecule has 0 bridgehead atoms. The van der Waals surface area contributed by atoms with Gasteiger partial charge in [-0.05, 0) is 32.4 Å². The number of rotatable bonds is 3. The zero-order valence-electron chi connectivity index (χ0n) is 13.8. The summed E-state index contributed by atoms with van der Waals surface area (Å²) >= 11 is 3.49. The molecule has 1 aliphatic heterocycles. The summed E-state index contributed by atoms with van der Waals surface area (Å²) in [4.78, 5) is 14.0. The normalized spacial score (nSPS) is 20.2. The van der Waals surface area contributed by atoms with E-state index < -0.39 is 23.8 Å². The van der Waals surface area contributed by atoms with Crippen molar-refractivity contribution in [3.05, 3.63) is 34.3 Å². The number of aliphatic hydroxyl groups is 1. The summed E-state index contributed by atoms with van der Waals surface area (Å²) in [5.74, 6) is 0. The first-order valence-corrected chi connectivity index (χ1v) is 8.56. The smallest absolute Gasteiger partial charge is 0.410 e. The minimum atomic E-state index is -0.721. The molecule has 1 fully saturated rings. The second-order valence-electron chi connectivity index (χ2n) is 6.68. The fourth-order valence-electron chi connectivity index (χ4n) is 2.51. The second kappa shape index (κ2) is 7.64. The number of morpholine rings is 1. The fraction of sp³-hybridized carbons (Fsp3) is 0.588. The number of halogens is 1. The number of nitrogens with zero attached hydrogens (tertiary/aromatic N) is 1. The van der Waals surface area contributed by atoms with E-state index in [1.165, 1.54) is 0 Å². The number of ether oxygens (including phenoxy) is 2. The van der Waals surface area contributed by atoms with Gasteiger partial charge in [0.1, 0.15) is 5.60 Å². The first kappa shape index (κ1) is 18.2. The first-order valence-electron chi connectivity index (χ1n) is 7.77. The lowest BCUT2D eigenvalue weighted by Gasteiger charge is -2.38. The van der Waals surface area contributed by atoms with E-state index in [0.29, 0.717) is 26.2 Å². The number of carbonyl (C=O) groups excluding carboxylic acids is 1. The van der Waals surface area contributed by atoms with Gasteiger partial charge in [0.15, 0.2) is 0 Å². The highest BCUT2D eigenvalue weighted by atomic mass is 79.9. The highest BCUT2D eigenvalue weighted by Crippen LogP contribution is 2.22. The van der Waals surface area contributed by atoms with Gasteiger partial charge in [-0.25, -0.2) is 4.79 Å². The molecule has 0 saturated carbocycles. The lowest BCUT2D eigenvalue weighted by molar-refractivity contribution is -0.0660. The number of benzene rings is 1. The molecule has 2 atom stereocenters. The molecular formula is C17H24BrNO4. The molecular weight excluding hydrogens is 362 g/mol. The third-order valence-electron chi connectivity index (χ3n) is 3.62. The highest BCUT2D eigenvalue weighted by molar-refractivity contribution is 9.10. The maximum absolute atomic E-state index is 12.4. The molecule has 1 N–H and O–H groups in total. The molecule has 5 nitrogen and oxygen atoms in total. The topological polar surface area (TPSA) is 59.0 Å². The van der Waals surface area contributed by atoms with Crippen LogP contribution in [0.15, 0.2) is 28.7 Å². The summed E-state index contributed by atoms with van der Waals surface area (Å²) < 4.78 is 11.8. The average Bonchev–Trinajstić information content (AvgIpc) is 2.48. The van der Waals surface area contributed by atoms with Crippen molar-refractivity contribution in [1.82, 2.24) is 4.90 Å². The van der Waals surface area contributed by atoms with Crippen molar-refractivity contribution < 1.29 is 19.4 Å². The molecule has 1 amide bonds. The van der Waals surface area contributed by atoms with Crippen LogP contribution >= 0.6 is 15.9 Å². The molecule has 1 saturated heterocycles. The summed E-state index contributed by atoms with van der Waals surface area (Å²) in [6.07, 6.45) is -0.687. The minimum absolute atomic E-state index is 0.310. The maximum atomic E-state index is 12.4. The molecule has 0 aromatic heterocycles. The van der Waals surface area contributed by atoms with Gasteiger partial charge in [-0.3, -0.25) is 4.90 Å². The molecule has 0 spiro atoms. The van der Waals surface area contributed by atoms with Gasteiger partial charge in [-0.1, -0.05) is 34.1 Å². The summed E-state index contributed by atoms with van der Waals surface area (Å²) in [6, 6.07) is 7.33. The summed E-state index contributed by atoms with van der Waals surface area (Å²) in [5.41, 5.74) is 0.433. The standard InChI is InChI=1S/C17H24BrNO4/c1-17(2,3)23-16(21)19-8-9-22-11-14(19)15(20)10-12-6-4-5-7-13(12)18/h4-7,14-15,20H,8-11H2,1-3H3. The predicted molar refractivity (Wildman–Crippen MR) is 91.4 cm³/mol. The van der Waals surface area contributed by atoms with Crippen LogP contribution in [0.3, 0.4) is 0 Å². The van der Waals surface area contributed by atoms with Crippen molar-refractivity contribution in [2.24, 2.45) is 0 Å². The average molecular weight is 386 g/mol. The molecule has 0 aliphatic carbocycles. The van der Waals surface area contributed by atoms with Gasteiger partial charge in [-0.2, -0.15) is 0 Å². The molecule has 2 rings (SSSR count). The Hall–Kier alpha value is -1.11. The lowest BCUT2D eigenvalue weighted by atomic mass is 10.0. The SMILES string of the molecule is CC(C)(C)OC(=O)N1CCOCC1C(O)Cc1ccccc1Br. The third-order valence-corrected chi connectivity index (χ3v) is 4.40. The van der Waals surface area contributed by atoms with E-state index in [9.17, 15) is 9.90 Å². The van der Waals surface area contributed by atoms with Crippen LogP contribution < -0.4 is 0 Å². The number of hydrogen-bond donors (Lipinski definition) is 1. The van der Waals surface area contributed by atoms with Gasteiger partial charge in [-0.15, -0.1) is 0 Å². The van der Waals surface area contributed by atoms with E-state index in [0.717, 1.165) is 10.0 Å². The van der Waals surface area contributed by atoms with E-state index >= 15 is 0 Å². The Morgan fingerprint density at radius 2 is 2.17 bits per heavy atom. The fourth-order valence-corrected chi connectivity index (χ4v) is 2.96. The molecule has 1 aromatic rings. The quantitative estimate of drug-likeness (QED) is 0.868. The molecule has 128 valence electrons. The van der Waals surface area contributed by atoms with Crippen LogP contribution in [0.1, 0.15) is 26.3 Å². The van der Waals surface area contributed by atoms with Gasteiger partial charge in [0, 0.05) is 17.4 Å². The number of carbonyl (C=O) groups is 1. The van der Waals surface area contributed by atoms with Crippen molar-refractivity contribution >= 4 is 22.0 Å². The van der Waals surface area contributed by atoms with Crippen LogP contribution in [0.5, 0.6) is 0 Å². The van der Waals surface area contributed by atoms with Crippen LogP contribution in [0.4, 0.5) is 4.79 Å². The molecule has 6 heteroatoms. The second-order valence-corrected chi connectivity index (χ2v) is 7.53. The van der Waals surface area contributed by atoms with Gasteiger partial charge >= 0.3 is 6.09 Å². The number of aliphatic hydroxyl groups excluding tert-OH is 1. The molecule has 2 unspecified atom stereocenters. The van der Waals surface area contributed by atoms with Crippen molar-refractivity contribution in [2.45, 2.75) is 44.9 Å². The van der Waals surface area contributed by atoms with Crippen molar-refractivity contribution in [3.8, 4) is 0 Å². The zero-order valence-corrected chi connectivity index (χ0v) is 15.4. The molecule has 0 radical (unpaired) electrons. The Kier molecular flexibility index (Phi) is 6.06. The Bertz CT molecular complexity index is 544. The Morgan fingerprint density at radius 1 is 1.48 bits per heavy atom. The van der Waals surface area contributed by atoms with Gasteiger partial charge in [0.2, 0.25) is 0 Å². The minimum Gasteiger partial charge on any atom is -0.444 e. The van der Waals surface area contributed by atoms with Crippen LogP contribution in [0, 0.1) is 0 Å². The highest BCUT2D eigenvalue weighted by Gasteiger charge is 2.35. The molecule has 1 aromatic carbocycles. The molecule has 23 heavy (non-hydrogen) atoms. The van der Waals surface area contributed by atoms with Gasteiger partial charge in [0.05, 0.1) is 25.4 Å². The Morgan fingerprint density at radius 3 is 2.83 bits per heavy atom. The Balaban J connectivity index is 2.08. The van der Waals surface area contributed by atoms with Crippen LogP contribution in [0.25, 0.3) is 0 Å². The van der Waals surface area contributed by atoms with Crippen molar-refractivity contribution in [3.63, 3.8) is 0 Å². The van der Waals surface area contributed by atoms with Crippen LogP contribution in [-0.4, -0.2) is 53.6 Å². The van der Waals surface area contributed by atoms with Crippen LogP contribution in [0.2, 0.25) is 0 Å². The molecule has 1 aliphatic rings. The molecule has 1 heterocycles. The first-order chi connectivity index (χ1) is 10.8. The van der Waals surface area contributed by atoms with E-state index in [-0.39, 0.29) is 0 Å². The summed E-state index contributed by atoms with van der Waals surface area (Å²) in [5, 5.41) is 10.6. The Labute approximate surface area is 145 Å². The van der Waals surface area contributed by atoms with E-state index in [1.54, 1.807) is 4.90 Å². The summed E-state index contributed by atoms with van der Waals surface area (Å²) in [6.45, 7) is 6.68. The van der Waals surface area contributed by atoms with Crippen LogP contribution in [-0.2, 0) is 15.9 Å². The number of amides is 1. The number of hydrogen-bond acceptors (Lipinski definition) is 4. The van der Waals surface area contributed by atoms with E-state index in [2.05, 4.69) is 15.9 Å². The summed E-state index contributed by atoms with van der Waals surface area (Å²) in [7, 11) is 0. The largest absolute Gasteiger partial charge is 0.444 e. The maximum Gasteiger partial charge on any atom is 0.410 e. The van der Waals surface area contributed by atoms with Gasteiger partial charge < -0.3 is 14.6 Å². The zero-order chi connectivity index (χ0) is 17.0.